The Kier molecular flexibility index (Phi) is 5.73. The van der Waals surface area contributed by atoms with Crippen LogP contribution in [0.5, 0.6) is 0 Å². The number of fused-ring (bicyclic) bond motifs is 1. The van der Waals surface area contributed by atoms with Gasteiger partial charge in [-0.1, -0.05) is 42.5 Å². The van der Waals surface area contributed by atoms with E-state index < -0.39 is 17.4 Å². The predicted molar refractivity (Wildman–Crippen MR) is 129 cm³/mol. The molecule has 5 atom stereocenters. The van der Waals surface area contributed by atoms with Crippen LogP contribution in [0.15, 0.2) is 66.7 Å². The number of anilines is 2. The lowest BCUT2D eigenvalue weighted by molar-refractivity contribution is -0.132. The van der Waals surface area contributed by atoms with Gasteiger partial charge in [-0.2, -0.15) is 0 Å². The average Bonchev–Trinajstić information content (AvgIpc) is 3.47. The summed E-state index contributed by atoms with van der Waals surface area (Å²) < 4.78 is 6.24. The summed E-state index contributed by atoms with van der Waals surface area (Å²) in [6, 6.07) is 17.3. The van der Waals surface area contributed by atoms with Crippen LogP contribution in [0.1, 0.15) is 25.8 Å². The van der Waals surface area contributed by atoms with Gasteiger partial charge in [-0.15, -0.1) is 0 Å². The third-order valence-electron chi connectivity index (χ3n) is 7.00. The fraction of sp³-hybridized carbons (Fsp3) is 0.370. The Labute approximate surface area is 199 Å². The molecule has 2 aromatic carbocycles. The van der Waals surface area contributed by atoms with Crippen LogP contribution < -0.4 is 15.5 Å². The lowest BCUT2D eigenvalue weighted by Gasteiger charge is -2.25. The van der Waals surface area contributed by atoms with E-state index in [1.807, 2.05) is 37.3 Å². The van der Waals surface area contributed by atoms with E-state index in [9.17, 15) is 14.4 Å². The molecule has 7 heteroatoms. The molecule has 3 heterocycles. The summed E-state index contributed by atoms with van der Waals surface area (Å²) in [5, 5.41) is 5.85. The zero-order valence-electron chi connectivity index (χ0n) is 19.4. The highest BCUT2D eigenvalue weighted by Gasteiger charge is 2.67. The SMILES string of the molecule is CC(=O)Nc1ccc(N2C[C@]34C=C[C@H](O3)[C@H](C(=O)N[C@H](C)CCc3ccccc3)[C@@H]4C2=O)cc1. The minimum atomic E-state index is -0.770. The van der Waals surface area contributed by atoms with Crippen molar-refractivity contribution in [2.24, 2.45) is 11.8 Å². The number of nitrogens with one attached hydrogen (secondary N) is 2. The van der Waals surface area contributed by atoms with Crippen LogP contribution >= 0.6 is 0 Å². The summed E-state index contributed by atoms with van der Waals surface area (Å²) in [5.74, 6) is -1.46. The number of aryl methyl sites for hydroxylation is 1. The topological polar surface area (TPSA) is 87.7 Å². The number of hydrogen-bond donors (Lipinski definition) is 2. The number of benzene rings is 2. The maximum Gasteiger partial charge on any atom is 0.234 e. The lowest BCUT2D eigenvalue weighted by atomic mass is 9.76. The normalized spacial score (nSPS) is 27.5. The van der Waals surface area contributed by atoms with E-state index >= 15 is 0 Å². The van der Waals surface area contributed by atoms with E-state index in [2.05, 4.69) is 22.8 Å². The Hall–Kier alpha value is -3.45. The van der Waals surface area contributed by atoms with Crippen molar-refractivity contribution in [2.45, 2.75) is 44.4 Å². The van der Waals surface area contributed by atoms with Crippen molar-refractivity contribution < 1.29 is 19.1 Å². The highest BCUT2D eigenvalue weighted by atomic mass is 16.5. The van der Waals surface area contributed by atoms with Crippen molar-refractivity contribution in [2.75, 3.05) is 16.8 Å². The van der Waals surface area contributed by atoms with E-state index in [0.717, 1.165) is 18.5 Å². The Bertz CT molecular complexity index is 1130. The van der Waals surface area contributed by atoms with Gasteiger partial charge in [0, 0.05) is 24.3 Å². The highest BCUT2D eigenvalue weighted by Crippen LogP contribution is 2.52. The molecule has 176 valence electrons. The zero-order valence-corrected chi connectivity index (χ0v) is 19.4. The number of ether oxygens (including phenoxy) is 1. The first-order valence-corrected chi connectivity index (χ1v) is 11.8. The van der Waals surface area contributed by atoms with Crippen LogP contribution in [-0.2, 0) is 25.5 Å². The summed E-state index contributed by atoms with van der Waals surface area (Å²) in [5.41, 5.74) is 1.85. The maximum atomic E-state index is 13.5. The van der Waals surface area contributed by atoms with Crippen LogP contribution in [0.25, 0.3) is 0 Å². The second kappa shape index (κ2) is 8.72. The fourth-order valence-corrected chi connectivity index (χ4v) is 5.38. The Morgan fingerprint density at radius 3 is 2.59 bits per heavy atom. The van der Waals surface area contributed by atoms with Gasteiger partial charge >= 0.3 is 0 Å². The average molecular weight is 460 g/mol. The Morgan fingerprint density at radius 1 is 1.15 bits per heavy atom. The van der Waals surface area contributed by atoms with Crippen molar-refractivity contribution in [1.29, 1.82) is 0 Å². The van der Waals surface area contributed by atoms with Crippen LogP contribution in [-0.4, -0.2) is 42.0 Å². The van der Waals surface area contributed by atoms with Crippen molar-refractivity contribution in [3.63, 3.8) is 0 Å². The number of carbonyl (C=O) groups excluding carboxylic acids is 3. The fourth-order valence-electron chi connectivity index (χ4n) is 5.38. The molecule has 1 spiro atoms. The van der Waals surface area contributed by atoms with Crippen LogP contribution in [0.4, 0.5) is 11.4 Å². The van der Waals surface area contributed by atoms with Gasteiger partial charge in [0.15, 0.2) is 0 Å². The number of amides is 3. The maximum absolute atomic E-state index is 13.5. The molecule has 0 aliphatic carbocycles. The van der Waals surface area contributed by atoms with Gasteiger partial charge < -0.3 is 20.3 Å². The molecule has 5 rings (SSSR count). The molecule has 0 unspecified atom stereocenters. The van der Waals surface area contributed by atoms with Gasteiger partial charge in [0.05, 0.1) is 24.5 Å². The van der Waals surface area contributed by atoms with E-state index in [4.69, 9.17) is 4.74 Å². The summed E-state index contributed by atoms with van der Waals surface area (Å²) in [6.45, 7) is 3.82. The van der Waals surface area contributed by atoms with E-state index in [-0.39, 0.29) is 29.9 Å². The second-order valence-electron chi connectivity index (χ2n) is 9.49. The summed E-state index contributed by atoms with van der Waals surface area (Å²) in [6.07, 6.45) is 5.20. The molecule has 34 heavy (non-hydrogen) atoms. The van der Waals surface area contributed by atoms with Crippen molar-refractivity contribution in [1.82, 2.24) is 5.32 Å². The minimum absolute atomic E-state index is 0.0132. The first-order valence-electron chi connectivity index (χ1n) is 11.8. The largest absolute Gasteiger partial charge is 0.360 e. The molecule has 0 saturated carbocycles. The summed E-state index contributed by atoms with van der Waals surface area (Å²) in [4.78, 5) is 39.8. The minimum Gasteiger partial charge on any atom is -0.360 e. The molecular weight excluding hydrogens is 430 g/mol. The smallest absolute Gasteiger partial charge is 0.234 e. The first-order chi connectivity index (χ1) is 16.4. The standard InChI is InChI=1S/C27H29N3O4/c1-17(8-9-19-6-4-3-5-7-19)28-25(32)23-22-14-15-27(34-22)16-30(26(33)24(23)27)21-12-10-20(11-13-21)29-18(2)31/h3-7,10-15,17,22-24H,8-9,16H2,1-2H3,(H,28,32)(H,29,31)/t17-,22+,23+,24-,27+/m1/s1. The molecule has 2 saturated heterocycles. The molecule has 2 aromatic rings. The molecule has 3 aliphatic rings. The molecule has 3 aliphatic heterocycles. The highest BCUT2D eigenvalue weighted by molar-refractivity contribution is 6.03. The third-order valence-corrected chi connectivity index (χ3v) is 7.00. The van der Waals surface area contributed by atoms with E-state index in [1.165, 1.54) is 12.5 Å². The molecule has 2 fully saturated rings. The quantitative estimate of drug-likeness (QED) is 0.623. The predicted octanol–water partition coefficient (Wildman–Crippen LogP) is 3.07. The monoisotopic (exact) mass is 459 g/mol. The van der Waals surface area contributed by atoms with Crippen LogP contribution in [0, 0.1) is 11.8 Å². The number of nitrogens with zero attached hydrogens (tertiary/aromatic N) is 1. The number of carbonyl (C=O) groups is 3. The Morgan fingerprint density at radius 2 is 1.88 bits per heavy atom. The third kappa shape index (κ3) is 4.01. The van der Waals surface area contributed by atoms with E-state index in [1.54, 1.807) is 29.2 Å². The van der Waals surface area contributed by atoms with Gasteiger partial charge in [0.2, 0.25) is 17.7 Å². The zero-order chi connectivity index (χ0) is 23.9. The van der Waals surface area contributed by atoms with Crippen LogP contribution in [0.2, 0.25) is 0 Å². The van der Waals surface area contributed by atoms with Crippen molar-refractivity contribution >= 4 is 29.1 Å². The second-order valence-corrected chi connectivity index (χ2v) is 9.49. The number of rotatable bonds is 7. The van der Waals surface area contributed by atoms with Crippen molar-refractivity contribution in [3.8, 4) is 0 Å². The molecular formula is C27H29N3O4. The molecule has 3 amide bonds. The molecule has 2 bridgehead atoms. The van der Waals surface area contributed by atoms with Crippen LogP contribution in [0.3, 0.4) is 0 Å². The Balaban J connectivity index is 1.27. The van der Waals surface area contributed by atoms with Gasteiger partial charge in [0.1, 0.15) is 5.60 Å². The van der Waals surface area contributed by atoms with Gasteiger partial charge in [0.25, 0.3) is 0 Å². The molecule has 7 nitrogen and oxygen atoms in total. The molecule has 0 aromatic heterocycles. The first kappa shape index (κ1) is 22.3. The van der Waals surface area contributed by atoms with Gasteiger partial charge in [-0.25, -0.2) is 0 Å². The summed E-state index contributed by atoms with van der Waals surface area (Å²) in [7, 11) is 0. The van der Waals surface area contributed by atoms with Crippen molar-refractivity contribution in [3.05, 3.63) is 72.3 Å². The summed E-state index contributed by atoms with van der Waals surface area (Å²) >= 11 is 0. The van der Waals surface area contributed by atoms with Gasteiger partial charge in [-0.05, 0) is 49.6 Å². The number of hydrogen-bond acceptors (Lipinski definition) is 4. The van der Waals surface area contributed by atoms with Gasteiger partial charge in [-0.3, -0.25) is 14.4 Å². The molecule has 0 radical (unpaired) electrons. The molecule has 2 N–H and O–H groups in total. The van der Waals surface area contributed by atoms with E-state index in [0.29, 0.717) is 12.2 Å². The lowest BCUT2D eigenvalue weighted by Crippen LogP contribution is -2.46.